The molecule has 0 aliphatic rings. The van der Waals surface area contributed by atoms with Gasteiger partial charge in [-0.1, -0.05) is 181 Å². The molecule has 13 rings (SSSR count). The number of benzene rings is 10. The number of aromatic nitrogens is 4. The Bertz CT molecular complexity index is 4490. The van der Waals surface area contributed by atoms with Gasteiger partial charge in [-0.2, -0.15) is 0 Å². The quantitative estimate of drug-likeness (QED) is 0.107. The van der Waals surface area contributed by atoms with Gasteiger partial charge in [0.2, 0.25) is 0 Å². The molecule has 377 valence electrons. The third-order valence-corrected chi connectivity index (χ3v) is 14.6. The van der Waals surface area contributed by atoms with Gasteiger partial charge < -0.3 is 13.6 Å². The van der Waals surface area contributed by atoms with Crippen molar-refractivity contribution in [1.82, 2.24) is 19.1 Å². The van der Waals surface area contributed by atoms with Crippen LogP contribution in [0, 0.1) is 12.1 Å². The van der Waals surface area contributed by atoms with Crippen LogP contribution >= 0.6 is 0 Å². The third kappa shape index (κ3) is 8.74. The van der Waals surface area contributed by atoms with Crippen molar-refractivity contribution in [2.75, 3.05) is 0 Å². The number of imidazole rings is 2. The molecule has 13 aromatic rings. The number of hydrogen-bond donors (Lipinski definition) is 0. The van der Waals surface area contributed by atoms with Crippen molar-refractivity contribution in [3.63, 3.8) is 0 Å². The maximum absolute atomic E-state index is 8.76. The van der Waals surface area contributed by atoms with Crippen molar-refractivity contribution in [3.8, 4) is 45.3 Å². The van der Waals surface area contributed by atoms with E-state index in [9.17, 15) is 0 Å². The molecule has 76 heavy (non-hydrogen) atoms. The first-order valence-corrected chi connectivity index (χ1v) is 26.1. The number of furan rings is 1. The van der Waals surface area contributed by atoms with Crippen LogP contribution in [0.5, 0.6) is 0 Å². The number of rotatable bonds is 9. The molecule has 0 amide bonds. The number of nitrogens with zero attached hydrogens (tertiary/aromatic N) is 4. The van der Waals surface area contributed by atoms with Crippen molar-refractivity contribution in [3.05, 3.63) is 228 Å². The molecular weight excluding hydrogens is 1110 g/mol. The predicted octanol–water partition coefficient (Wildman–Crippen LogP) is 19.3. The van der Waals surface area contributed by atoms with Gasteiger partial charge in [0.15, 0.2) is 0 Å². The predicted molar refractivity (Wildman–Crippen MR) is 315 cm³/mol. The molecule has 6 heteroatoms. The minimum absolute atomic E-state index is 0. The summed E-state index contributed by atoms with van der Waals surface area (Å²) < 4.78 is 53.8. The van der Waals surface area contributed by atoms with E-state index in [1.54, 1.807) is 0 Å². The van der Waals surface area contributed by atoms with Gasteiger partial charge in [0, 0.05) is 36.9 Å². The Morgan fingerprint density at radius 2 is 1.01 bits per heavy atom. The minimum atomic E-state index is -0.410. The fraction of sp³-hybridized carbons (Fsp3) is 0.171. The van der Waals surface area contributed by atoms with Crippen molar-refractivity contribution < 1.29 is 31.4 Å². The van der Waals surface area contributed by atoms with Crippen LogP contribution in [0.1, 0.15) is 108 Å². The molecule has 10 aromatic carbocycles. The summed E-state index contributed by atoms with van der Waals surface area (Å²) in [5.41, 5.74) is 15.5. The first-order chi connectivity index (χ1) is 38.6. The van der Waals surface area contributed by atoms with Crippen LogP contribution in [-0.2, 0) is 20.1 Å². The summed E-state index contributed by atoms with van der Waals surface area (Å²) >= 11 is 0. The van der Waals surface area contributed by atoms with Crippen molar-refractivity contribution in [2.24, 2.45) is 0 Å². The van der Waals surface area contributed by atoms with E-state index in [1.165, 1.54) is 27.9 Å². The van der Waals surface area contributed by atoms with E-state index in [2.05, 4.69) is 162 Å². The summed E-state index contributed by atoms with van der Waals surface area (Å²) in [6.45, 7) is 18.0. The summed E-state index contributed by atoms with van der Waals surface area (Å²) in [4.78, 5) is 10.2. The molecule has 0 bridgehead atoms. The maximum Gasteiger partial charge on any atom is 0.121 e. The number of para-hydroxylation sites is 6. The average Bonchev–Trinajstić information content (AvgIpc) is 4.21. The smallest absolute Gasteiger partial charge is 0.121 e. The van der Waals surface area contributed by atoms with Gasteiger partial charge in [0.05, 0.1) is 46.2 Å². The fourth-order valence-corrected chi connectivity index (χ4v) is 11.0. The van der Waals surface area contributed by atoms with Crippen LogP contribution in [0.25, 0.3) is 111 Å². The Hall–Kier alpha value is -7.89. The Labute approximate surface area is 466 Å². The molecular formula is C70H60IrN4O-2. The zero-order valence-electron chi connectivity index (χ0n) is 48.9. The first kappa shape index (κ1) is 44.4. The number of fused-ring (bicyclic) bond motifs is 8. The van der Waals surface area contributed by atoms with Crippen LogP contribution in [0.4, 0.5) is 0 Å². The molecule has 0 atom stereocenters. The topological polar surface area (TPSA) is 48.8 Å². The molecule has 0 aliphatic carbocycles. The van der Waals surface area contributed by atoms with Crippen LogP contribution < -0.4 is 0 Å². The summed E-state index contributed by atoms with van der Waals surface area (Å²) in [7, 11) is 0. The molecule has 0 unspecified atom stereocenters. The summed E-state index contributed by atoms with van der Waals surface area (Å²) in [6, 6.07) is 61.1. The van der Waals surface area contributed by atoms with Gasteiger partial charge in [0.1, 0.15) is 5.58 Å². The zero-order chi connectivity index (χ0) is 55.8. The normalized spacial score (nSPS) is 12.7. The molecule has 0 saturated carbocycles. The second-order valence-electron chi connectivity index (χ2n) is 20.7. The summed E-state index contributed by atoms with van der Waals surface area (Å²) in [5.74, 6) is 3.10. The molecule has 3 heterocycles. The van der Waals surface area contributed by atoms with E-state index in [-0.39, 0.29) is 61.7 Å². The molecule has 0 fully saturated rings. The molecule has 0 spiro atoms. The SMILES string of the molecule is CC(C)c1cccc(C(C)C)c1-n1c(-c2[c-]cccc2)nc2ccccc21.[2H]c1c([2H])c([2H])c(-c2cc3cc4oc5c(-c6nc7ccccc7n6-c6c(C(C)C)cccc6C(C)C)[c-]ccc5c4cc3c3ccccc23)c([2H])c1[2H].[Ir]. The Kier molecular flexibility index (Phi) is 12.1. The monoisotopic (exact) mass is 1170 g/mol. The van der Waals surface area contributed by atoms with Crippen molar-refractivity contribution >= 4 is 65.6 Å². The van der Waals surface area contributed by atoms with Gasteiger partial charge >= 0.3 is 0 Å². The van der Waals surface area contributed by atoms with Gasteiger partial charge in [-0.15, -0.1) is 54.1 Å². The minimum Gasteiger partial charge on any atom is -0.501 e. The van der Waals surface area contributed by atoms with Crippen LogP contribution in [0.2, 0.25) is 0 Å². The van der Waals surface area contributed by atoms with Gasteiger partial charge in [0.25, 0.3) is 0 Å². The van der Waals surface area contributed by atoms with E-state index >= 15 is 0 Å². The molecule has 0 saturated heterocycles. The third-order valence-electron chi connectivity index (χ3n) is 14.6. The first-order valence-electron chi connectivity index (χ1n) is 28.6. The Balaban J connectivity index is 0.000000207. The summed E-state index contributed by atoms with van der Waals surface area (Å²) in [6.07, 6.45) is 0. The molecule has 5 nitrogen and oxygen atoms in total. The molecule has 3 aromatic heterocycles. The molecule has 0 N–H and O–H groups in total. The summed E-state index contributed by atoms with van der Waals surface area (Å²) in [5, 5.41) is 5.41. The standard InChI is InChI=1S/C45H35N2O.C25H25N2.Ir/c1-27(2)31-18-12-19-32(28(3)4)43(31)47-41-23-11-10-22-40(41)46-45(47)36-21-13-20-35-39-26-38-30(25-42(39)48-44(35)36)24-37(29-14-6-5-7-15-29)33-16-8-9-17-34(33)38;1-17(2)20-13-10-14-21(18(3)4)24(20)27-23-16-9-8-15-22(23)26-25(27)19-11-6-5-7-12-19;/h5-20,22-28H,1-4H3;5-11,13-18H,1-4H3;/q2*-1;/i5D,6D,7D,14D,15D;;. The second kappa shape index (κ2) is 20.7. The van der Waals surface area contributed by atoms with Crippen LogP contribution in [0.15, 0.2) is 198 Å². The van der Waals surface area contributed by atoms with Gasteiger partial charge in [-0.25, -0.2) is 0 Å². The van der Waals surface area contributed by atoms with Crippen molar-refractivity contribution in [1.29, 1.82) is 0 Å². The van der Waals surface area contributed by atoms with Gasteiger partial charge in [-0.3, -0.25) is 9.97 Å². The molecule has 1 radical (unpaired) electrons. The second-order valence-corrected chi connectivity index (χ2v) is 20.7. The maximum atomic E-state index is 8.76. The van der Waals surface area contributed by atoms with Gasteiger partial charge in [-0.05, 0) is 121 Å². The fourth-order valence-electron chi connectivity index (χ4n) is 11.0. The average molecular weight is 1170 g/mol. The van der Waals surface area contributed by atoms with E-state index in [1.807, 2.05) is 78.9 Å². The van der Waals surface area contributed by atoms with Crippen LogP contribution in [-0.4, -0.2) is 19.1 Å². The van der Waals surface area contributed by atoms with E-state index in [4.69, 9.17) is 21.2 Å². The largest absolute Gasteiger partial charge is 0.501 e. The van der Waals surface area contributed by atoms with E-state index in [0.29, 0.717) is 28.6 Å². The Morgan fingerprint density at radius 1 is 0.474 bits per heavy atom. The van der Waals surface area contributed by atoms with Crippen LogP contribution in [0.3, 0.4) is 0 Å². The van der Waals surface area contributed by atoms with E-state index in [0.717, 1.165) is 82.8 Å². The van der Waals surface area contributed by atoms with E-state index < -0.39 is 6.04 Å². The number of hydrogen-bond acceptors (Lipinski definition) is 3. The molecule has 0 aliphatic heterocycles. The zero-order valence-corrected chi connectivity index (χ0v) is 46.3. The Morgan fingerprint density at radius 3 is 1.59 bits per heavy atom. The van der Waals surface area contributed by atoms with Crippen molar-refractivity contribution in [2.45, 2.75) is 79.1 Å².